The Labute approximate surface area is 194 Å². The minimum Gasteiger partial charge on any atom is -0.484 e. The van der Waals surface area contributed by atoms with Crippen molar-refractivity contribution in [2.45, 2.75) is 32.9 Å². The summed E-state index contributed by atoms with van der Waals surface area (Å²) in [4.78, 5) is 27.7. The molecule has 3 rings (SSSR count). The molecule has 0 saturated heterocycles. The molecule has 0 saturated carbocycles. The zero-order chi connectivity index (χ0) is 23.8. The van der Waals surface area contributed by atoms with Gasteiger partial charge in [0.1, 0.15) is 17.6 Å². The molecule has 0 spiro atoms. The van der Waals surface area contributed by atoms with E-state index in [2.05, 4.69) is 5.32 Å². The van der Waals surface area contributed by atoms with Crippen LogP contribution in [0.15, 0.2) is 72.8 Å². The second-order valence-electron chi connectivity index (χ2n) is 8.08. The van der Waals surface area contributed by atoms with Crippen LogP contribution in [0, 0.1) is 19.7 Å². The Morgan fingerprint density at radius 3 is 2.18 bits per heavy atom. The lowest BCUT2D eigenvalue weighted by molar-refractivity contribution is -0.142. The number of hydrogen-bond donors (Lipinski definition) is 1. The topological polar surface area (TPSA) is 58.6 Å². The predicted octanol–water partition coefficient (Wildman–Crippen LogP) is 4.21. The summed E-state index contributed by atoms with van der Waals surface area (Å²) in [6.45, 7) is 3.86. The Morgan fingerprint density at radius 1 is 0.939 bits per heavy atom. The number of amides is 2. The fraction of sp³-hybridized carbons (Fsp3) is 0.259. The molecule has 0 aliphatic carbocycles. The second kappa shape index (κ2) is 11.3. The summed E-state index contributed by atoms with van der Waals surface area (Å²) >= 11 is 0. The predicted molar refractivity (Wildman–Crippen MR) is 126 cm³/mol. The third-order valence-electron chi connectivity index (χ3n) is 5.34. The molecular formula is C27H29FN2O3. The molecule has 3 aromatic carbocycles. The van der Waals surface area contributed by atoms with Crippen molar-refractivity contribution in [1.82, 2.24) is 10.2 Å². The zero-order valence-corrected chi connectivity index (χ0v) is 19.2. The Kier molecular flexibility index (Phi) is 8.19. The van der Waals surface area contributed by atoms with Crippen molar-refractivity contribution in [2.75, 3.05) is 13.7 Å². The number of halogens is 1. The van der Waals surface area contributed by atoms with Crippen molar-refractivity contribution >= 4 is 11.8 Å². The molecule has 1 N–H and O–H groups in total. The molecule has 172 valence electrons. The Morgan fingerprint density at radius 2 is 1.58 bits per heavy atom. The monoisotopic (exact) mass is 448 g/mol. The molecule has 1 unspecified atom stereocenters. The SMILES string of the molecule is CNC(=O)C(Cc1ccccc1)N(Cc1ccc(F)cc1)C(=O)COc1cc(C)cc(C)c1. The van der Waals surface area contributed by atoms with Crippen molar-refractivity contribution in [3.63, 3.8) is 0 Å². The smallest absolute Gasteiger partial charge is 0.261 e. The number of rotatable bonds is 9. The molecule has 0 aliphatic rings. The standard InChI is InChI=1S/C27H29FN2O3/c1-19-13-20(2)15-24(14-19)33-18-26(31)30(17-22-9-11-23(28)12-10-22)25(27(32)29-3)16-21-7-5-4-6-8-21/h4-15,25H,16-18H2,1-3H3,(H,29,32). The van der Waals surface area contributed by atoms with Crippen LogP contribution in [-0.4, -0.2) is 36.4 Å². The van der Waals surface area contributed by atoms with Gasteiger partial charge in [-0.3, -0.25) is 9.59 Å². The molecule has 6 heteroatoms. The molecule has 3 aromatic rings. The summed E-state index contributed by atoms with van der Waals surface area (Å²) in [6.07, 6.45) is 0.344. The zero-order valence-electron chi connectivity index (χ0n) is 19.2. The highest BCUT2D eigenvalue weighted by molar-refractivity contribution is 5.88. The van der Waals surface area contributed by atoms with Crippen LogP contribution in [0.4, 0.5) is 4.39 Å². The van der Waals surface area contributed by atoms with Gasteiger partial charge in [-0.1, -0.05) is 48.5 Å². The van der Waals surface area contributed by atoms with Gasteiger partial charge < -0.3 is 15.0 Å². The van der Waals surface area contributed by atoms with Crippen LogP contribution >= 0.6 is 0 Å². The van der Waals surface area contributed by atoms with Crippen molar-refractivity contribution in [3.8, 4) is 5.75 Å². The van der Waals surface area contributed by atoms with Gasteiger partial charge in [-0.2, -0.15) is 0 Å². The van der Waals surface area contributed by atoms with Crippen LogP contribution < -0.4 is 10.1 Å². The largest absolute Gasteiger partial charge is 0.484 e. The van der Waals surface area contributed by atoms with E-state index in [0.717, 1.165) is 22.3 Å². The van der Waals surface area contributed by atoms with Gasteiger partial charge in [-0.05, 0) is 60.4 Å². The molecule has 0 fully saturated rings. The number of carbonyl (C=O) groups excluding carboxylic acids is 2. The fourth-order valence-corrected chi connectivity index (χ4v) is 3.75. The maximum atomic E-state index is 13.4. The van der Waals surface area contributed by atoms with Gasteiger partial charge in [-0.15, -0.1) is 0 Å². The molecular weight excluding hydrogens is 419 g/mol. The van der Waals surface area contributed by atoms with Gasteiger partial charge in [-0.25, -0.2) is 4.39 Å². The minimum atomic E-state index is -0.752. The lowest BCUT2D eigenvalue weighted by Gasteiger charge is -2.31. The van der Waals surface area contributed by atoms with Crippen molar-refractivity contribution < 1.29 is 18.7 Å². The van der Waals surface area contributed by atoms with Gasteiger partial charge in [0.15, 0.2) is 6.61 Å². The molecule has 0 radical (unpaired) electrons. The van der Waals surface area contributed by atoms with Crippen molar-refractivity contribution in [1.29, 1.82) is 0 Å². The molecule has 0 aromatic heterocycles. The van der Waals surface area contributed by atoms with Gasteiger partial charge in [0.2, 0.25) is 5.91 Å². The van der Waals surface area contributed by atoms with Crippen LogP contribution in [0.1, 0.15) is 22.3 Å². The van der Waals surface area contributed by atoms with E-state index in [4.69, 9.17) is 4.74 Å². The Hall–Kier alpha value is -3.67. The first-order valence-electron chi connectivity index (χ1n) is 10.9. The summed E-state index contributed by atoms with van der Waals surface area (Å²) < 4.78 is 19.2. The van der Waals surface area contributed by atoms with Gasteiger partial charge in [0.25, 0.3) is 5.91 Å². The van der Waals surface area contributed by atoms with Crippen molar-refractivity contribution in [3.05, 3.63) is 101 Å². The van der Waals surface area contributed by atoms with E-state index < -0.39 is 6.04 Å². The highest BCUT2D eigenvalue weighted by Gasteiger charge is 2.30. The first kappa shape index (κ1) is 24.0. The van der Waals surface area contributed by atoms with Gasteiger partial charge in [0.05, 0.1) is 0 Å². The molecule has 1 atom stereocenters. The maximum Gasteiger partial charge on any atom is 0.261 e. The Balaban J connectivity index is 1.87. The summed E-state index contributed by atoms with van der Waals surface area (Å²) in [5, 5.41) is 2.67. The first-order valence-corrected chi connectivity index (χ1v) is 10.9. The number of carbonyl (C=O) groups is 2. The number of ether oxygens (including phenoxy) is 1. The number of hydrogen-bond acceptors (Lipinski definition) is 3. The average Bonchev–Trinajstić information content (AvgIpc) is 2.80. The summed E-state index contributed by atoms with van der Waals surface area (Å²) in [5.74, 6) is -0.368. The van der Waals surface area contributed by atoms with Crippen LogP contribution in [-0.2, 0) is 22.6 Å². The molecule has 33 heavy (non-hydrogen) atoms. The number of benzene rings is 3. The van der Waals surface area contributed by atoms with Crippen LogP contribution in [0.2, 0.25) is 0 Å². The van der Waals surface area contributed by atoms with Crippen LogP contribution in [0.5, 0.6) is 5.75 Å². The van der Waals surface area contributed by atoms with Crippen LogP contribution in [0.3, 0.4) is 0 Å². The summed E-state index contributed by atoms with van der Waals surface area (Å²) in [7, 11) is 1.55. The number of nitrogens with zero attached hydrogens (tertiary/aromatic N) is 1. The van der Waals surface area contributed by atoms with Crippen molar-refractivity contribution in [2.24, 2.45) is 0 Å². The lowest BCUT2D eigenvalue weighted by atomic mass is 10.0. The fourth-order valence-electron chi connectivity index (χ4n) is 3.75. The van der Waals surface area contributed by atoms with E-state index in [-0.39, 0.29) is 30.8 Å². The number of likely N-dealkylation sites (N-methyl/N-ethyl adjacent to an activating group) is 1. The third kappa shape index (κ3) is 6.91. The third-order valence-corrected chi connectivity index (χ3v) is 5.34. The highest BCUT2D eigenvalue weighted by Crippen LogP contribution is 2.18. The molecule has 0 bridgehead atoms. The summed E-state index contributed by atoms with van der Waals surface area (Å²) in [6, 6.07) is 20.4. The normalized spacial score (nSPS) is 11.5. The first-order chi connectivity index (χ1) is 15.9. The minimum absolute atomic E-state index is 0.153. The van der Waals surface area contributed by atoms with Gasteiger partial charge in [0, 0.05) is 20.0 Å². The van der Waals surface area contributed by atoms with Gasteiger partial charge >= 0.3 is 0 Å². The molecule has 0 heterocycles. The van der Waals surface area contributed by atoms with Crippen LogP contribution in [0.25, 0.3) is 0 Å². The number of aryl methyl sites for hydroxylation is 2. The molecule has 0 aliphatic heterocycles. The van der Waals surface area contributed by atoms with E-state index in [1.54, 1.807) is 19.2 Å². The quantitative estimate of drug-likeness (QED) is 0.534. The molecule has 2 amide bonds. The van der Waals surface area contributed by atoms with E-state index in [9.17, 15) is 14.0 Å². The highest BCUT2D eigenvalue weighted by atomic mass is 19.1. The van der Waals surface area contributed by atoms with E-state index >= 15 is 0 Å². The van der Waals surface area contributed by atoms with E-state index in [1.807, 2.05) is 62.4 Å². The number of nitrogens with one attached hydrogen (secondary N) is 1. The summed E-state index contributed by atoms with van der Waals surface area (Å²) in [5.41, 5.74) is 3.72. The van der Waals surface area contributed by atoms with E-state index in [0.29, 0.717) is 12.2 Å². The Bertz CT molecular complexity index is 1060. The lowest BCUT2D eigenvalue weighted by Crippen LogP contribution is -2.51. The maximum absolute atomic E-state index is 13.4. The second-order valence-corrected chi connectivity index (χ2v) is 8.08. The molecule has 5 nitrogen and oxygen atoms in total. The average molecular weight is 449 g/mol. The van der Waals surface area contributed by atoms with E-state index in [1.165, 1.54) is 17.0 Å².